The van der Waals surface area contributed by atoms with Gasteiger partial charge in [-0.15, -0.1) is 10.2 Å². The van der Waals surface area contributed by atoms with Crippen molar-refractivity contribution in [3.05, 3.63) is 45.8 Å². The van der Waals surface area contributed by atoms with Crippen molar-refractivity contribution in [2.24, 2.45) is 0 Å². The second-order valence-corrected chi connectivity index (χ2v) is 5.55. The highest BCUT2D eigenvalue weighted by Crippen LogP contribution is 2.25. The number of nitrogens with zero attached hydrogens (tertiary/aromatic N) is 2. The number of anilines is 1. The Morgan fingerprint density at radius 3 is 2.83 bits per heavy atom. The molecule has 0 unspecified atom stereocenters. The number of hydrogen-bond donors (Lipinski definition) is 1. The van der Waals surface area contributed by atoms with Crippen molar-refractivity contribution in [1.29, 1.82) is 0 Å². The van der Waals surface area contributed by atoms with Gasteiger partial charge in [0.1, 0.15) is 11.3 Å². The fourth-order valence-electron chi connectivity index (χ4n) is 1.81. The average Bonchev–Trinajstić information content (AvgIpc) is 3.01. The molecule has 1 amide bonds. The van der Waals surface area contributed by atoms with Crippen LogP contribution >= 0.6 is 11.3 Å². The van der Waals surface area contributed by atoms with Crippen molar-refractivity contribution in [3.8, 4) is 5.75 Å². The van der Waals surface area contributed by atoms with Gasteiger partial charge in [-0.25, -0.2) is 13.6 Å². The largest absolute Gasteiger partial charge is 0.484 e. The number of rotatable bonds is 5. The van der Waals surface area contributed by atoms with Crippen molar-refractivity contribution in [2.45, 2.75) is 6.43 Å². The zero-order valence-corrected chi connectivity index (χ0v) is 12.7. The van der Waals surface area contributed by atoms with Crippen molar-refractivity contribution >= 4 is 33.3 Å². The number of ether oxygens (including phenoxy) is 1. The van der Waals surface area contributed by atoms with E-state index in [2.05, 4.69) is 15.5 Å². The monoisotopic (exact) mass is 353 g/mol. The van der Waals surface area contributed by atoms with Gasteiger partial charge in [0.25, 0.3) is 12.3 Å². The Morgan fingerprint density at radius 1 is 1.29 bits per heavy atom. The van der Waals surface area contributed by atoms with E-state index in [0.29, 0.717) is 28.1 Å². The Bertz CT molecular complexity index is 941. The van der Waals surface area contributed by atoms with Crippen molar-refractivity contribution < 1.29 is 22.7 Å². The molecule has 2 heterocycles. The van der Waals surface area contributed by atoms with Crippen molar-refractivity contribution in [2.75, 3.05) is 11.9 Å². The number of amides is 1. The summed E-state index contributed by atoms with van der Waals surface area (Å²) >= 11 is 0.585. The Balaban J connectivity index is 1.62. The maximum atomic E-state index is 12.4. The van der Waals surface area contributed by atoms with Gasteiger partial charge in [0, 0.05) is 17.5 Å². The van der Waals surface area contributed by atoms with Crippen LogP contribution in [-0.2, 0) is 4.79 Å². The molecule has 0 aliphatic carbocycles. The Morgan fingerprint density at radius 2 is 2.08 bits per heavy atom. The summed E-state index contributed by atoms with van der Waals surface area (Å²) in [6, 6.07) is 7.66. The minimum absolute atomic E-state index is 0.0385. The van der Waals surface area contributed by atoms with E-state index in [1.54, 1.807) is 18.2 Å². The third-order valence-electron chi connectivity index (χ3n) is 2.84. The van der Waals surface area contributed by atoms with Crippen LogP contribution in [-0.4, -0.2) is 22.7 Å². The lowest BCUT2D eigenvalue weighted by Crippen LogP contribution is -2.20. The summed E-state index contributed by atoms with van der Waals surface area (Å²) in [4.78, 5) is 22.9. The molecule has 0 radical (unpaired) electrons. The van der Waals surface area contributed by atoms with Gasteiger partial charge >= 0.3 is 5.63 Å². The quantitative estimate of drug-likeness (QED) is 0.709. The molecule has 0 aliphatic rings. The van der Waals surface area contributed by atoms with E-state index in [-0.39, 0.29) is 11.7 Å². The Labute approximate surface area is 136 Å². The highest BCUT2D eigenvalue weighted by Gasteiger charge is 2.15. The average molecular weight is 353 g/mol. The SMILES string of the molecule is O=C(COc1ccc2ccc(=O)oc2c1)Nc1nnc(C(F)F)s1. The van der Waals surface area contributed by atoms with E-state index in [1.807, 2.05) is 0 Å². The molecule has 0 bridgehead atoms. The molecule has 24 heavy (non-hydrogen) atoms. The number of alkyl halides is 2. The minimum atomic E-state index is -2.74. The second-order valence-electron chi connectivity index (χ2n) is 4.54. The van der Waals surface area contributed by atoms with Crippen LogP contribution in [0, 0.1) is 0 Å². The minimum Gasteiger partial charge on any atom is -0.484 e. The van der Waals surface area contributed by atoms with Gasteiger partial charge < -0.3 is 9.15 Å². The third-order valence-corrected chi connectivity index (χ3v) is 3.68. The van der Waals surface area contributed by atoms with Gasteiger partial charge in [-0.1, -0.05) is 11.3 Å². The fraction of sp³-hybridized carbons (Fsp3) is 0.143. The van der Waals surface area contributed by atoms with E-state index >= 15 is 0 Å². The Hall–Kier alpha value is -2.88. The number of benzene rings is 1. The standard InChI is InChI=1S/C14H9F2N3O4S/c15-12(16)13-18-19-14(24-13)17-10(20)6-22-8-3-1-7-2-4-11(21)23-9(7)5-8/h1-5,12H,6H2,(H,17,19,20). The Kier molecular flexibility index (Phi) is 4.47. The lowest BCUT2D eigenvalue weighted by molar-refractivity contribution is -0.118. The van der Waals surface area contributed by atoms with Crippen LogP contribution in [0.1, 0.15) is 11.4 Å². The summed E-state index contributed by atoms with van der Waals surface area (Å²) in [6.45, 7) is -0.369. The van der Waals surface area contributed by atoms with Gasteiger partial charge in [-0.2, -0.15) is 0 Å². The van der Waals surface area contributed by atoms with Crippen LogP contribution in [0.3, 0.4) is 0 Å². The number of fused-ring (bicyclic) bond motifs is 1. The molecule has 0 atom stereocenters. The molecule has 0 saturated carbocycles. The predicted molar refractivity (Wildman–Crippen MR) is 81.5 cm³/mol. The molecule has 3 rings (SSSR count). The maximum absolute atomic E-state index is 12.4. The van der Waals surface area contributed by atoms with Crippen LogP contribution in [0.25, 0.3) is 11.0 Å². The lowest BCUT2D eigenvalue weighted by atomic mass is 10.2. The highest BCUT2D eigenvalue weighted by molar-refractivity contribution is 7.15. The van der Waals surface area contributed by atoms with Crippen LogP contribution in [0.15, 0.2) is 39.5 Å². The predicted octanol–water partition coefficient (Wildman–Crippen LogP) is 2.60. The first-order chi connectivity index (χ1) is 11.5. The van der Waals surface area contributed by atoms with E-state index in [0.717, 1.165) is 0 Å². The molecule has 10 heteroatoms. The first kappa shape index (κ1) is 16.0. The molecule has 0 saturated heterocycles. The zero-order valence-electron chi connectivity index (χ0n) is 11.9. The second kappa shape index (κ2) is 6.71. The number of halogens is 2. The normalized spacial score (nSPS) is 11.0. The maximum Gasteiger partial charge on any atom is 0.336 e. The summed E-state index contributed by atoms with van der Waals surface area (Å²) in [5, 5.41) is 9.19. The van der Waals surface area contributed by atoms with Crippen LogP contribution < -0.4 is 15.7 Å². The fourth-order valence-corrected chi connectivity index (χ4v) is 2.42. The van der Waals surface area contributed by atoms with Crippen molar-refractivity contribution in [3.63, 3.8) is 0 Å². The summed E-state index contributed by atoms with van der Waals surface area (Å²) in [5.41, 5.74) is -0.172. The van der Waals surface area contributed by atoms with Gasteiger partial charge in [0.2, 0.25) is 5.13 Å². The number of carbonyl (C=O) groups excluding carboxylic acids is 1. The van der Waals surface area contributed by atoms with Crippen LogP contribution in [0.4, 0.5) is 13.9 Å². The van der Waals surface area contributed by atoms with E-state index in [9.17, 15) is 18.4 Å². The third kappa shape index (κ3) is 3.71. The summed E-state index contributed by atoms with van der Waals surface area (Å²) < 4.78 is 35.0. The number of nitrogens with one attached hydrogen (secondary N) is 1. The molecular formula is C14H9F2N3O4S. The number of carbonyl (C=O) groups is 1. The van der Waals surface area contributed by atoms with E-state index in [4.69, 9.17) is 9.15 Å². The van der Waals surface area contributed by atoms with Gasteiger partial charge in [0.15, 0.2) is 11.6 Å². The van der Waals surface area contributed by atoms with Crippen LogP contribution in [0.5, 0.6) is 5.75 Å². The molecule has 1 N–H and O–H groups in total. The molecule has 0 fully saturated rings. The van der Waals surface area contributed by atoms with Gasteiger partial charge in [0.05, 0.1) is 0 Å². The van der Waals surface area contributed by atoms with Crippen LogP contribution in [0.2, 0.25) is 0 Å². The van der Waals surface area contributed by atoms with Gasteiger partial charge in [-0.3, -0.25) is 10.1 Å². The molecule has 1 aromatic carbocycles. The molecule has 0 spiro atoms. The van der Waals surface area contributed by atoms with Gasteiger partial charge in [-0.05, 0) is 18.2 Å². The first-order valence-electron chi connectivity index (χ1n) is 6.59. The number of hydrogen-bond acceptors (Lipinski definition) is 7. The first-order valence-corrected chi connectivity index (χ1v) is 7.41. The lowest BCUT2D eigenvalue weighted by Gasteiger charge is -2.06. The highest BCUT2D eigenvalue weighted by atomic mass is 32.1. The number of aromatic nitrogens is 2. The summed E-state index contributed by atoms with van der Waals surface area (Å²) in [5.74, 6) is -0.265. The molecule has 2 aromatic heterocycles. The summed E-state index contributed by atoms with van der Waals surface area (Å²) in [7, 11) is 0. The molecule has 0 aliphatic heterocycles. The molecule has 7 nitrogen and oxygen atoms in total. The van der Waals surface area contributed by atoms with E-state index < -0.39 is 23.0 Å². The molecular weight excluding hydrogens is 344 g/mol. The smallest absolute Gasteiger partial charge is 0.336 e. The zero-order chi connectivity index (χ0) is 17.1. The molecule has 124 valence electrons. The topological polar surface area (TPSA) is 94.3 Å². The van der Waals surface area contributed by atoms with E-state index in [1.165, 1.54) is 12.1 Å². The summed E-state index contributed by atoms with van der Waals surface area (Å²) in [6.07, 6.45) is -2.74. The van der Waals surface area contributed by atoms with Crippen molar-refractivity contribution in [1.82, 2.24) is 10.2 Å². The molecule has 3 aromatic rings.